The van der Waals surface area contributed by atoms with Crippen LogP contribution in [0.5, 0.6) is 0 Å². The van der Waals surface area contributed by atoms with Crippen molar-refractivity contribution >= 4 is 27.4 Å². The van der Waals surface area contributed by atoms with Crippen LogP contribution in [0.25, 0.3) is 11.3 Å². The number of nitrogens with two attached hydrogens (primary N) is 1. The second-order valence-electron chi connectivity index (χ2n) is 3.54. The lowest BCUT2D eigenvalue weighted by atomic mass is 10.1. The summed E-state index contributed by atoms with van der Waals surface area (Å²) in [4.78, 5) is 14.9. The Hall–Kier alpha value is -2.02. The number of benzene rings is 1. The fourth-order valence-corrected chi connectivity index (χ4v) is 2.19. The van der Waals surface area contributed by atoms with Crippen molar-refractivity contribution in [1.82, 2.24) is 4.98 Å². The molecule has 1 heterocycles. The molecule has 0 atom stereocenters. The Labute approximate surface area is 105 Å². The van der Waals surface area contributed by atoms with E-state index in [0.717, 1.165) is 23.5 Å². The van der Waals surface area contributed by atoms with E-state index in [4.69, 9.17) is 5.73 Å². The van der Waals surface area contributed by atoms with Gasteiger partial charge in [0, 0.05) is 12.5 Å². The van der Waals surface area contributed by atoms with Gasteiger partial charge in [0.15, 0.2) is 16.8 Å². The van der Waals surface area contributed by atoms with Gasteiger partial charge in [-0.1, -0.05) is 11.3 Å². The molecule has 4 nitrogen and oxygen atoms in total. The third-order valence-corrected chi connectivity index (χ3v) is 2.93. The Morgan fingerprint density at radius 1 is 1.39 bits per heavy atom. The monoisotopic (exact) mass is 269 g/mol. The van der Waals surface area contributed by atoms with Crippen LogP contribution in [0.15, 0.2) is 18.2 Å². The standard InChI is InChI=1S/C11H9F2N3OS/c1-5(17)15-11-16-9(10(14)18-11)6-2-3-7(12)8(13)4-6/h2-4H,14H2,1H3,(H,15,16,17). The summed E-state index contributed by atoms with van der Waals surface area (Å²) in [5.74, 6) is -2.18. The Bertz CT molecular complexity index is 612. The number of nitrogens with one attached hydrogen (secondary N) is 1. The molecule has 18 heavy (non-hydrogen) atoms. The summed E-state index contributed by atoms with van der Waals surface area (Å²) in [6.07, 6.45) is 0. The van der Waals surface area contributed by atoms with Crippen molar-refractivity contribution < 1.29 is 13.6 Å². The average Bonchev–Trinajstić information content (AvgIpc) is 2.62. The van der Waals surface area contributed by atoms with Gasteiger partial charge in [-0.3, -0.25) is 4.79 Å². The highest BCUT2D eigenvalue weighted by Gasteiger charge is 2.13. The first kappa shape index (κ1) is 12.4. The normalized spacial score (nSPS) is 10.4. The van der Waals surface area contributed by atoms with E-state index < -0.39 is 11.6 Å². The smallest absolute Gasteiger partial charge is 0.223 e. The van der Waals surface area contributed by atoms with Crippen LogP contribution in [0.3, 0.4) is 0 Å². The lowest BCUT2D eigenvalue weighted by molar-refractivity contribution is -0.114. The van der Waals surface area contributed by atoms with Crippen LogP contribution in [0.2, 0.25) is 0 Å². The zero-order valence-electron chi connectivity index (χ0n) is 9.33. The maximum absolute atomic E-state index is 13.1. The van der Waals surface area contributed by atoms with Gasteiger partial charge in [0.25, 0.3) is 0 Å². The summed E-state index contributed by atoms with van der Waals surface area (Å²) in [7, 11) is 0. The molecular weight excluding hydrogens is 260 g/mol. The Kier molecular flexibility index (Phi) is 3.24. The number of hydrogen-bond donors (Lipinski definition) is 2. The highest BCUT2D eigenvalue weighted by atomic mass is 32.1. The molecule has 1 amide bonds. The second kappa shape index (κ2) is 4.69. The van der Waals surface area contributed by atoms with Crippen LogP contribution in [-0.4, -0.2) is 10.9 Å². The number of carbonyl (C=O) groups excluding carboxylic acids is 1. The lowest BCUT2D eigenvalue weighted by Crippen LogP contribution is -2.04. The number of carbonyl (C=O) groups is 1. The van der Waals surface area contributed by atoms with E-state index in [-0.39, 0.29) is 5.91 Å². The van der Waals surface area contributed by atoms with Crippen molar-refractivity contribution in [1.29, 1.82) is 0 Å². The van der Waals surface area contributed by atoms with Crippen LogP contribution in [0.4, 0.5) is 18.9 Å². The van der Waals surface area contributed by atoms with E-state index in [0.29, 0.717) is 21.4 Å². The Morgan fingerprint density at radius 2 is 2.11 bits per heavy atom. The van der Waals surface area contributed by atoms with Gasteiger partial charge < -0.3 is 11.1 Å². The number of thiazole rings is 1. The number of hydrogen-bond acceptors (Lipinski definition) is 4. The molecule has 0 aliphatic heterocycles. The van der Waals surface area contributed by atoms with Gasteiger partial charge in [-0.2, -0.15) is 0 Å². The van der Waals surface area contributed by atoms with Crippen molar-refractivity contribution in [2.45, 2.75) is 6.92 Å². The molecule has 0 radical (unpaired) electrons. The van der Waals surface area contributed by atoms with Crippen molar-refractivity contribution in [3.63, 3.8) is 0 Å². The van der Waals surface area contributed by atoms with E-state index in [1.54, 1.807) is 0 Å². The summed E-state index contributed by atoms with van der Waals surface area (Å²) >= 11 is 1.07. The third-order valence-electron chi connectivity index (χ3n) is 2.13. The second-order valence-corrected chi connectivity index (χ2v) is 4.57. The summed E-state index contributed by atoms with van der Waals surface area (Å²) in [6.45, 7) is 1.34. The molecule has 7 heteroatoms. The predicted octanol–water partition coefficient (Wildman–Crippen LogP) is 2.63. The number of halogens is 2. The molecule has 3 N–H and O–H groups in total. The van der Waals surface area contributed by atoms with Crippen LogP contribution < -0.4 is 11.1 Å². The first-order valence-corrected chi connectivity index (χ1v) is 5.78. The maximum Gasteiger partial charge on any atom is 0.223 e. The van der Waals surface area contributed by atoms with Crippen LogP contribution >= 0.6 is 11.3 Å². The van der Waals surface area contributed by atoms with Crippen LogP contribution in [0, 0.1) is 11.6 Å². The summed E-state index contributed by atoms with van der Waals surface area (Å²) in [5.41, 5.74) is 6.41. The van der Waals surface area contributed by atoms with E-state index in [1.165, 1.54) is 13.0 Å². The van der Waals surface area contributed by atoms with Crippen LogP contribution in [-0.2, 0) is 4.79 Å². The minimum absolute atomic E-state index is 0.277. The fourth-order valence-electron chi connectivity index (χ4n) is 1.39. The van der Waals surface area contributed by atoms with E-state index in [9.17, 15) is 13.6 Å². The van der Waals surface area contributed by atoms with Gasteiger partial charge >= 0.3 is 0 Å². The maximum atomic E-state index is 13.1. The van der Waals surface area contributed by atoms with Gasteiger partial charge in [0.2, 0.25) is 5.91 Å². The summed E-state index contributed by atoms with van der Waals surface area (Å²) in [6, 6.07) is 3.39. The number of nitrogen functional groups attached to an aromatic ring is 1. The number of rotatable bonds is 2. The van der Waals surface area contributed by atoms with E-state index >= 15 is 0 Å². The molecule has 0 saturated carbocycles. The van der Waals surface area contributed by atoms with Crippen molar-refractivity contribution in [2.75, 3.05) is 11.1 Å². The molecule has 0 aliphatic carbocycles. The molecule has 1 aromatic heterocycles. The van der Waals surface area contributed by atoms with E-state index in [2.05, 4.69) is 10.3 Å². The fraction of sp³-hybridized carbons (Fsp3) is 0.0909. The Morgan fingerprint density at radius 3 is 2.72 bits per heavy atom. The molecular formula is C11H9F2N3OS. The topological polar surface area (TPSA) is 68.0 Å². The SMILES string of the molecule is CC(=O)Nc1nc(-c2ccc(F)c(F)c2)c(N)s1. The number of amides is 1. The molecule has 0 bridgehead atoms. The van der Waals surface area contributed by atoms with Gasteiger partial charge in [0.05, 0.1) is 0 Å². The minimum atomic E-state index is -0.971. The summed E-state index contributed by atoms with van der Waals surface area (Å²) in [5, 5.41) is 3.13. The number of aromatic nitrogens is 1. The Balaban J connectivity index is 2.41. The number of nitrogens with zero attached hydrogens (tertiary/aromatic N) is 1. The molecule has 0 unspecified atom stereocenters. The molecule has 0 saturated heterocycles. The highest BCUT2D eigenvalue weighted by molar-refractivity contribution is 7.20. The molecule has 2 rings (SSSR count). The van der Waals surface area contributed by atoms with Gasteiger partial charge in [-0.05, 0) is 18.2 Å². The average molecular weight is 269 g/mol. The van der Waals surface area contributed by atoms with Gasteiger partial charge in [0.1, 0.15) is 10.7 Å². The minimum Gasteiger partial charge on any atom is -0.389 e. The molecule has 1 aromatic carbocycles. The van der Waals surface area contributed by atoms with Gasteiger partial charge in [-0.15, -0.1) is 0 Å². The van der Waals surface area contributed by atoms with E-state index in [1.807, 2.05) is 0 Å². The van der Waals surface area contributed by atoms with Crippen molar-refractivity contribution in [3.05, 3.63) is 29.8 Å². The zero-order valence-corrected chi connectivity index (χ0v) is 10.1. The van der Waals surface area contributed by atoms with Crippen molar-refractivity contribution in [3.8, 4) is 11.3 Å². The van der Waals surface area contributed by atoms with Crippen molar-refractivity contribution in [2.24, 2.45) is 0 Å². The van der Waals surface area contributed by atoms with Gasteiger partial charge in [-0.25, -0.2) is 13.8 Å². The molecule has 0 spiro atoms. The quantitative estimate of drug-likeness (QED) is 0.880. The molecule has 2 aromatic rings. The molecule has 0 aliphatic rings. The zero-order chi connectivity index (χ0) is 13.3. The lowest BCUT2D eigenvalue weighted by Gasteiger charge is -1.99. The molecule has 0 fully saturated rings. The summed E-state index contributed by atoms with van der Waals surface area (Å²) < 4.78 is 25.9. The largest absolute Gasteiger partial charge is 0.389 e. The molecule has 94 valence electrons. The first-order chi connectivity index (χ1) is 8.47. The third kappa shape index (κ3) is 2.45. The first-order valence-electron chi connectivity index (χ1n) is 4.96. The highest BCUT2D eigenvalue weighted by Crippen LogP contribution is 2.33. The van der Waals surface area contributed by atoms with Crippen LogP contribution in [0.1, 0.15) is 6.92 Å². The predicted molar refractivity (Wildman–Crippen MR) is 66.2 cm³/mol. The number of anilines is 2.